The van der Waals surface area contributed by atoms with Gasteiger partial charge in [-0.15, -0.1) is 0 Å². The quantitative estimate of drug-likeness (QED) is 0.777. The Morgan fingerprint density at radius 2 is 1.83 bits per heavy atom. The zero-order valence-corrected chi connectivity index (χ0v) is 12.7. The minimum Gasteiger partial charge on any atom is -0.369 e. The first kappa shape index (κ1) is 16.1. The minimum atomic E-state index is -4.37. The number of nitrogens with zero attached hydrogens (tertiary/aromatic N) is 1. The molecule has 0 aliphatic heterocycles. The Balaban J connectivity index is 2.00. The third-order valence-corrected chi connectivity index (χ3v) is 3.84. The average Bonchev–Trinajstić information content (AvgIpc) is 2.84. The highest BCUT2D eigenvalue weighted by Gasteiger charge is 2.30. The number of rotatable bonds is 4. The van der Waals surface area contributed by atoms with Crippen molar-refractivity contribution >= 4 is 16.8 Å². The molecule has 0 aliphatic rings. The van der Waals surface area contributed by atoms with Gasteiger partial charge in [-0.1, -0.05) is 30.3 Å². The molecule has 3 nitrogen and oxygen atoms in total. The summed E-state index contributed by atoms with van der Waals surface area (Å²) < 4.78 is 40.4. The molecule has 0 spiro atoms. The lowest BCUT2D eigenvalue weighted by molar-refractivity contribution is -0.137. The second-order valence-electron chi connectivity index (χ2n) is 5.64. The van der Waals surface area contributed by atoms with Crippen LogP contribution in [0.15, 0.2) is 54.7 Å². The molecule has 0 bridgehead atoms. The van der Waals surface area contributed by atoms with E-state index < -0.39 is 17.6 Å². The summed E-state index contributed by atoms with van der Waals surface area (Å²) >= 11 is 0. The van der Waals surface area contributed by atoms with Gasteiger partial charge in [0.1, 0.15) is 0 Å². The number of para-hydroxylation sites is 1. The molecule has 0 saturated heterocycles. The number of amides is 1. The lowest BCUT2D eigenvalue weighted by atomic mass is 10.1. The zero-order valence-electron chi connectivity index (χ0n) is 12.7. The molecule has 0 saturated carbocycles. The maximum absolute atomic E-state index is 12.8. The maximum atomic E-state index is 12.8. The van der Waals surface area contributed by atoms with E-state index in [0.29, 0.717) is 5.56 Å². The van der Waals surface area contributed by atoms with Crippen LogP contribution in [-0.2, 0) is 23.9 Å². The molecule has 0 aliphatic carbocycles. The van der Waals surface area contributed by atoms with E-state index in [9.17, 15) is 18.0 Å². The number of carbonyl (C=O) groups is 1. The maximum Gasteiger partial charge on any atom is 0.416 e. The highest BCUT2D eigenvalue weighted by molar-refractivity contribution is 5.88. The van der Waals surface area contributed by atoms with E-state index in [0.717, 1.165) is 28.6 Å². The standard InChI is InChI=1S/C18H15F3N2O/c19-18(20,21)14-5-3-4-12(8-14)10-23-11-13(9-17(22)24)15-6-1-2-7-16(15)23/h1-8,11H,9-10H2,(H2,22,24). The molecule has 24 heavy (non-hydrogen) atoms. The van der Waals surface area contributed by atoms with Crippen LogP contribution in [0.1, 0.15) is 16.7 Å². The van der Waals surface area contributed by atoms with Gasteiger partial charge in [0.25, 0.3) is 0 Å². The Kier molecular flexibility index (Phi) is 4.05. The molecule has 0 unspecified atom stereocenters. The summed E-state index contributed by atoms with van der Waals surface area (Å²) in [5, 5.41) is 0.878. The Bertz CT molecular complexity index is 897. The van der Waals surface area contributed by atoms with E-state index >= 15 is 0 Å². The van der Waals surface area contributed by atoms with Gasteiger partial charge in [0.2, 0.25) is 5.91 Å². The molecule has 2 aromatic carbocycles. The van der Waals surface area contributed by atoms with E-state index in [-0.39, 0.29) is 13.0 Å². The van der Waals surface area contributed by atoms with Crippen molar-refractivity contribution in [1.82, 2.24) is 4.57 Å². The summed E-state index contributed by atoms with van der Waals surface area (Å²) in [6.45, 7) is 0.281. The lowest BCUT2D eigenvalue weighted by Crippen LogP contribution is -2.13. The van der Waals surface area contributed by atoms with E-state index in [1.807, 2.05) is 28.8 Å². The summed E-state index contributed by atoms with van der Waals surface area (Å²) in [5.41, 5.74) is 6.76. The molecule has 0 atom stereocenters. The van der Waals surface area contributed by atoms with Crippen molar-refractivity contribution in [2.45, 2.75) is 19.1 Å². The van der Waals surface area contributed by atoms with Crippen LogP contribution in [0.25, 0.3) is 10.9 Å². The van der Waals surface area contributed by atoms with Crippen LogP contribution in [0.4, 0.5) is 13.2 Å². The van der Waals surface area contributed by atoms with Crippen molar-refractivity contribution in [2.75, 3.05) is 0 Å². The predicted octanol–water partition coefficient (Wildman–Crippen LogP) is 3.74. The Morgan fingerprint density at radius 1 is 1.08 bits per heavy atom. The number of hydrogen-bond acceptors (Lipinski definition) is 1. The van der Waals surface area contributed by atoms with Crippen LogP contribution >= 0.6 is 0 Å². The molecular weight excluding hydrogens is 317 g/mol. The SMILES string of the molecule is NC(=O)Cc1cn(Cc2cccc(C(F)(F)F)c2)c2ccccc12. The second kappa shape index (κ2) is 6.03. The number of benzene rings is 2. The van der Waals surface area contributed by atoms with Gasteiger partial charge >= 0.3 is 6.18 Å². The first-order valence-electron chi connectivity index (χ1n) is 7.36. The molecule has 1 amide bonds. The molecule has 1 heterocycles. The number of aromatic nitrogens is 1. The number of primary amides is 1. The van der Waals surface area contributed by atoms with E-state index in [2.05, 4.69) is 0 Å². The number of nitrogens with two attached hydrogens (primary N) is 1. The predicted molar refractivity (Wildman–Crippen MR) is 85.4 cm³/mol. The van der Waals surface area contributed by atoms with Crippen molar-refractivity contribution in [3.8, 4) is 0 Å². The van der Waals surface area contributed by atoms with Crippen LogP contribution in [0.5, 0.6) is 0 Å². The van der Waals surface area contributed by atoms with Gasteiger partial charge in [0.15, 0.2) is 0 Å². The van der Waals surface area contributed by atoms with E-state index in [1.54, 1.807) is 12.3 Å². The van der Waals surface area contributed by atoms with Gasteiger partial charge in [-0.25, -0.2) is 0 Å². The van der Waals surface area contributed by atoms with Crippen molar-refractivity contribution in [3.05, 3.63) is 71.4 Å². The van der Waals surface area contributed by atoms with Crippen LogP contribution in [-0.4, -0.2) is 10.5 Å². The number of fused-ring (bicyclic) bond motifs is 1. The van der Waals surface area contributed by atoms with E-state index in [1.165, 1.54) is 6.07 Å². The van der Waals surface area contributed by atoms with Gasteiger partial charge in [-0.2, -0.15) is 13.2 Å². The Morgan fingerprint density at radius 3 is 2.54 bits per heavy atom. The molecule has 6 heteroatoms. The number of halogens is 3. The van der Waals surface area contributed by atoms with E-state index in [4.69, 9.17) is 5.73 Å². The Hall–Kier alpha value is -2.76. The lowest BCUT2D eigenvalue weighted by Gasteiger charge is -2.10. The van der Waals surface area contributed by atoms with Crippen molar-refractivity contribution in [1.29, 1.82) is 0 Å². The smallest absolute Gasteiger partial charge is 0.369 e. The number of hydrogen-bond donors (Lipinski definition) is 1. The van der Waals surface area contributed by atoms with Gasteiger partial charge in [0.05, 0.1) is 12.0 Å². The molecule has 3 rings (SSSR count). The monoisotopic (exact) mass is 332 g/mol. The third kappa shape index (κ3) is 3.27. The molecule has 124 valence electrons. The largest absolute Gasteiger partial charge is 0.416 e. The topological polar surface area (TPSA) is 48.0 Å². The molecule has 3 aromatic rings. The zero-order chi connectivity index (χ0) is 17.3. The highest BCUT2D eigenvalue weighted by Crippen LogP contribution is 2.30. The molecule has 0 radical (unpaired) electrons. The Labute approximate surface area is 136 Å². The minimum absolute atomic E-state index is 0.0934. The number of alkyl halides is 3. The van der Waals surface area contributed by atoms with Gasteiger partial charge in [-0.3, -0.25) is 4.79 Å². The highest BCUT2D eigenvalue weighted by atomic mass is 19.4. The second-order valence-corrected chi connectivity index (χ2v) is 5.64. The van der Waals surface area contributed by atoms with Crippen LogP contribution in [0, 0.1) is 0 Å². The summed E-state index contributed by atoms with van der Waals surface area (Å²) in [6, 6.07) is 12.7. The third-order valence-electron chi connectivity index (χ3n) is 3.84. The van der Waals surface area contributed by atoms with Gasteiger partial charge in [0, 0.05) is 23.6 Å². The van der Waals surface area contributed by atoms with Gasteiger partial charge in [-0.05, 0) is 29.3 Å². The molecule has 1 aromatic heterocycles. The number of carbonyl (C=O) groups excluding carboxylic acids is 1. The average molecular weight is 332 g/mol. The van der Waals surface area contributed by atoms with Crippen molar-refractivity contribution in [3.63, 3.8) is 0 Å². The van der Waals surface area contributed by atoms with Crippen LogP contribution in [0.2, 0.25) is 0 Å². The summed E-state index contributed by atoms with van der Waals surface area (Å²) in [5.74, 6) is -0.447. The summed E-state index contributed by atoms with van der Waals surface area (Å²) in [6.07, 6.45) is -2.50. The molecular formula is C18H15F3N2O. The van der Waals surface area contributed by atoms with Crippen LogP contribution < -0.4 is 5.73 Å². The molecule has 2 N–H and O–H groups in total. The normalized spacial score (nSPS) is 11.8. The van der Waals surface area contributed by atoms with Crippen LogP contribution in [0.3, 0.4) is 0 Å². The first-order valence-corrected chi connectivity index (χ1v) is 7.36. The van der Waals surface area contributed by atoms with Gasteiger partial charge < -0.3 is 10.3 Å². The summed E-state index contributed by atoms with van der Waals surface area (Å²) in [4.78, 5) is 11.2. The fraction of sp³-hybridized carbons (Fsp3) is 0.167. The molecule has 0 fully saturated rings. The fourth-order valence-electron chi connectivity index (χ4n) is 2.82. The summed E-state index contributed by atoms with van der Waals surface area (Å²) in [7, 11) is 0. The van der Waals surface area contributed by atoms with Crippen molar-refractivity contribution in [2.24, 2.45) is 5.73 Å². The fourth-order valence-corrected chi connectivity index (χ4v) is 2.82. The first-order chi connectivity index (χ1) is 11.3. The van der Waals surface area contributed by atoms with Crippen molar-refractivity contribution < 1.29 is 18.0 Å².